The number of carbonyl (C=O) groups excluding carboxylic acids is 1. The van der Waals surface area contributed by atoms with Crippen molar-refractivity contribution < 1.29 is 4.79 Å². The van der Waals surface area contributed by atoms with Crippen LogP contribution in [0.4, 0.5) is 0 Å². The fourth-order valence-electron chi connectivity index (χ4n) is 2.47. The normalized spacial score (nSPS) is 20.1. The Labute approximate surface area is 107 Å². The van der Waals surface area contributed by atoms with E-state index >= 15 is 0 Å². The Morgan fingerprint density at radius 3 is 3.11 bits per heavy atom. The van der Waals surface area contributed by atoms with E-state index in [9.17, 15) is 4.79 Å². The van der Waals surface area contributed by atoms with Gasteiger partial charge in [0.05, 0.1) is 0 Å². The zero-order valence-corrected chi connectivity index (χ0v) is 11.1. The van der Waals surface area contributed by atoms with Crippen molar-refractivity contribution in [2.75, 3.05) is 26.7 Å². The van der Waals surface area contributed by atoms with Crippen LogP contribution in [0.2, 0.25) is 0 Å². The van der Waals surface area contributed by atoms with Gasteiger partial charge in [0.2, 0.25) is 5.91 Å². The van der Waals surface area contributed by atoms with E-state index in [1.54, 1.807) is 6.33 Å². The van der Waals surface area contributed by atoms with Gasteiger partial charge in [0.25, 0.3) is 0 Å². The summed E-state index contributed by atoms with van der Waals surface area (Å²) in [6, 6.07) is 0. The van der Waals surface area contributed by atoms with E-state index < -0.39 is 0 Å². The largest absolute Gasteiger partial charge is 0.342 e. The minimum Gasteiger partial charge on any atom is -0.342 e. The predicted molar refractivity (Wildman–Crippen MR) is 68.1 cm³/mol. The van der Waals surface area contributed by atoms with Crippen molar-refractivity contribution >= 4 is 5.91 Å². The van der Waals surface area contributed by atoms with Gasteiger partial charge in [0, 0.05) is 39.0 Å². The van der Waals surface area contributed by atoms with Crippen LogP contribution in [0.15, 0.2) is 6.33 Å². The second kappa shape index (κ2) is 5.95. The summed E-state index contributed by atoms with van der Waals surface area (Å²) in [5.74, 6) is 1.54. The fraction of sp³-hybridized carbons (Fsp3) is 0.750. The molecule has 1 atom stereocenters. The summed E-state index contributed by atoms with van der Waals surface area (Å²) in [6.45, 7) is 2.38. The van der Waals surface area contributed by atoms with Crippen molar-refractivity contribution in [3.05, 3.63) is 12.2 Å². The van der Waals surface area contributed by atoms with Crippen LogP contribution in [0.5, 0.6) is 0 Å². The molecular weight excluding hydrogens is 230 g/mol. The standard InChI is InChI=1S/C12H21N5O/c1-13-6-5-11(18)17-7-3-4-10(8-17)12-15-14-9-16(12)2/h9-10,13H,3-8H2,1-2H3. The summed E-state index contributed by atoms with van der Waals surface area (Å²) in [6.07, 6.45) is 4.42. The molecule has 0 bridgehead atoms. The molecule has 0 saturated carbocycles. The van der Waals surface area contributed by atoms with E-state index in [0.29, 0.717) is 12.3 Å². The molecule has 1 unspecified atom stereocenters. The van der Waals surface area contributed by atoms with Crippen LogP contribution in [0, 0.1) is 0 Å². The molecule has 0 aliphatic carbocycles. The molecule has 1 N–H and O–H groups in total. The average molecular weight is 251 g/mol. The van der Waals surface area contributed by atoms with Gasteiger partial charge in [-0.3, -0.25) is 4.79 Å². The third kappa shape index (κ3) is 2.87. The number of carbonyl (C=O) groups is 1. The molecule has 0 radical (unpaired) electrons. The van der Waals surface area contributed by atoms with Crippen LogP contribution in [-0.2, 0) is 11.8 Å². The second-order valence-corrected chi connectivity index (χ2v) is 4.83. The molecule has 2 rings (SSSR count). The molecule has 6 heteroatoms. The lowest BCUT2D eigenvalue weighted by molar-refractivity contribution is -0.132. The lowest BCUT2D eigenvalue weighted by Crippen LogP contribution is -2.40. The molecule has 6 nitrogen and oxygen atoms in total. The molecule has 1 aromatic heterocycles. The van der Waals surface area contributed by atoms with Crippen LogP contribution in [0.3, 0.4) is 0 Å². The number of hydrogen-bond acceptors (Lipinski definition) is 4. The van der Waals surface area contributed by atoms with Crippen LogP contribution < -0.4 is 5.32 Å². The van der Waals surface area contributed by atoms with Gasteiger partial charge < -0.3 is 14.8 Å². The fourth-order valence-corrected chi connectivity index (χ4v) is 2.47. The molecule has 100 valence electrons. The third-order valence-electron chi connectivity index (χ3n) is 3.47. The van der Waals surface area contributed by atoms with Crippen molar-refractivity contribution in [1.82, 2.24) is 25.0 Å². The maximum atomic E-state index is 12.0. The summed E-state index contributed by atoms with van der Waals surface area (Å²) in [5, 5.41) is 11.1. The van der Waals surface area contributed by atoms with Gasteiger partial charge in [-0.15, -0.1) is 10.2 Å². The van der Waals surface area contributed by atoms with E-state index in [1.807, 2.05) is 23.6 Å². The predicted octanol–water partition coefficient (Wildman–Crippen LogP) is 0.131. The Balaban J connectivity index is 1.96. The molecule has 1 amide bonds. The van der Waals surface area contributed by atoms with Gasteiger partial charge in [-0.25, -0.2) is 0 Å². The summed E-state index contributed by atoms with van der Waals surface area (Å²) < 4.78 is 1.95. The van der Waals surface area contributed by atoms with E-state index in [2.05, 4.69) is 15.5 Å². The Morgan fingerprint density at radius 2 is 2.44 bits per heavy atom. The zero-order valence-electron chi connectivity index (χ0n) is 11.1. The highest BCUT2D eigenvalue weighted by Gasteiger charge is 2.26. The highest BCUT2D eigenvalue weighted by Crippen LogP contribution is 2.25. The highest BCUT2D eigenvalue weighted by molar-refractivity contribution is 5.76. The quantitative estimate of drug-likeness (QED) is 0.826. The van der Waals surface area contributed by atoms with E-state index in [0.717, 1.165) is 38.3 Å². The number of likely N-dealkylation sites (tertiary alicyclic amines) is 1. The summed E-state index contributed by atoms with van der Waals surface area (Å²) in [5.41, 5.74) is 0. The molecule has 2 heterocycles. The third-order valence-corrected chi connectivity index (χ3v) is 3.47. The van der Waals surface area contributed by atoms with Crippen LogP contribution in [-0.4, -0.2) is 52.3 Å². The molecule has 0 spiro atoms. The smallest absolute Gasteiger partial charge is 0.223 e. The number of amides is 1. The van der Waals surface area contributed by atoms with Crippen LogP contribution >= 0.6 is 0 Å². The van der Waals surface area contributed by atoms with Gasteiger partial charge in [-0.05, 0) is 19.9 Å². The van der Waals surface area contributed by atoms with Crippen molar-refractivity contribution in [2.45, 2.75) is 25.2 Å². The maximum absolute atomic E-state index is 12.0. The first kappa shape index (κ1) is 13.0. The minimum atomic E-state index is 0.233. The molecule has 1 aromatic rings. The number of piperidine rings is 1. The minimum absolute atomic E-state index is 0.233. The van der Waals surface area contributed by atoms with Gasteiger partial charge in [0.1, 0.15) is 12.2 Å². The average Bonchev–Trinajstić information content (AvgIpc) is 2.82. The Morgan fingerprint density at radius 1 is 1.61 bits per heavy atom. The summed E-state index contributed by atoms with van der Waals surface area (Å²) in [7, 11) is 3.82. The van der Waals surface area contributed by atoms with Crippen molar-refractivity contribution in [3.63, 3.8) is 0 Å². The molecule has 1 fully saturated rings. The number of hydrogen-bond donors (Lipinski definition) is 1. The van der Waals surface area contributed by atoms with Crippen LogP contribution in [0.1, 0.15) is 31.0 Å². The van der Waals surface area contributed by atoms with Gasteiger partial charge in [-0.1, -0.05) is 0 Å². The zero-order chi connectivity index (χ0) is 13.0. The molecule has 0 aromatic carbocycles. The lowest BCUT2D eigenvalue weighted by Gasteiger charge is -2.32. The van der Waals surface area contributed by atoms with Crippen molar-refractivity contribution in [1.29, 1.82) is 0 Å². The van der Waals surface area contributed by atoms with Gasteiger partial charge >= 0.3 is 0 Å². The first-order valence-corrected chi connectivity index (χ1v) is 6.48. The lowest BCUT2D eigenvalue weighted by atomic mass is 9.97. The molecule has 1 aliphatic heterocycles. The van der Waals surface area contributed by atoms with Crippen molar-refractivity contribution in [3.8, 4) is 0 Å². The number of aromatic nitrogens is 3. The Kier molecular flexibility index (Phi) is 4.30. The summed E-state index contributed by atoms with van der Waals surface area (Å²) >= 11 is 0. The van der Waals surface area contributed by atoms with Crippen LogP contribution in [0.25, 0.3) is 0 Å². The first-order valence-electron chi connectivity index (χ1n) is 6.48. The molecular formula is C12H21N5O. The Bertz CT molecular complexity index is 403. The highest BCUT2D eigenvalue weighted by atomic mass is 16.2. The van der Waals surface area contributed by atoms with Crippen molar-refractivity contribution in [2.24, 2.45) is 7.05 Å². The first-order chi connectivity index (χ1) is 8.72. The van der Waals surface area contributed by atoms with E-state index in [-0.39, 0.29) is 5.91 Å². The number of nitrogens with one attached hydrogen (secondary N) is 1. The topological polar surface area (TPSA) is 63.1 Å². The van der Waals surface area contributed by atoms with E-state index in [1.165, 1.54) is 0 Å². The SMILES string of the molecule is CNCCC(=O)N1CCCC(c2nncn2C)C1. The number of aryl methyl sites for hydroxylation is 1. The second-order valence-electron chi connectivity index (χ2n) is 4.83. The Hall–Kier alpha value is -1.43. The summed E-state index contributed by atoms with van der Waals surface area (Å²) in [4.78, 5) is 14.0. The molecule has 1 saturated heterocycles. The number of rotatable bonds is 4. The number of nitrogens with zero attached hydrogens (tertiary/aromatic N) is 4. The molecule has 1 aliphatic rings. The van der Waals surface area contributed by atoms with Gasteiger partial charge in [0.15, 0.2) is 0 Å². The molecule has 18 heavy (non-hydrogen) atoms. The van der Waals surface area contributed by atoms with E-state index in [4.69, 9.17) is 0 Å². The maximum Gasteiger partial charge on any atom is 0.223 e. The monoisotopic (exact) mass is 251 g/mol. The van der Waals surface area contributed by atoms with Gasteiger partial charge in [-0.2, -0.15) is 0 Å².